The van der Waals surface area contributed by atoms with Crippen molar-refractivity contribution in [1.29, 1.82) is 0 Å². The van der Waals surface area contributed by atoms with Gasteiger partial charge in [0, 0.05) is 41.2 Å². The van der Waals surface area contributed by atoms with Crippen LogP contribution in [0.15, 0.2) is 24.3 Å². The van der Waals surface area contributed by atoms with Crippen molar-refractivity contribution in [2.24, 2.45) is 5.73 Å². The first-order valence-electron chi connectivity index (χ1n) is 6.44. The second kappa shape index (κ2) is 6.29. The van der Waals surface area contributed by atoms with Crippen LogP contribution in [0, 0.1) is 0 Å². The van der Waals surface area contributed by atoms with Gasteiger partial charge >= 0.3 is 0 Å². The van der Waals surface area contributed by atoms with Crippen molar-refractivity contribution in [1.82, 2.24) is 4.90 Å². The summed E-state index contributed by atoms with van der Waals surface area (Å²) in [5, 5.41) is 0.789. The second-order valence-corrected chi connectivity index (χ2v) is 6.61. The van der Waals surface area contributed by atoms with E-state index in [0.717, 1.165) is 11.6 Å². The SMILES string of the molecule is CC(N)C(c1cccc(Cl)c1)N1CCSCC1C. The molecule has 0 bridgehead atoms. The summed E-state index contributed by atoms with van der Waals surface area (Å²) in [6.45, 7) is 5.47. The number of halogens is 1. The number of nitrogens with zero attached hydrogens (tertiary/aromatic N) is 1. The average molecular weight is 285 g/mol. The van der Waals surface area contributed by atoms with Gasteiger partial charge in [-0.25, -0.2) is 0 Å². The number of hydrogen-bond acceptors (Lipinski definition) is 3. The first kappa shape index (κ1) is 14.2. The molecule has 1 fully saturated rings. The van der Waals surface area contributed by atoms with Gasteiger partial charge in [-0.05, 0) is 31.5 Å². The zero-order valence-electron chi connectivity index (χ0n) is 11.0. The zero-order chi connectivity index (χ0) is 13.1. The second-order valence-electron chi connectivity index (χ2n) is 5.02. The quantitative estimate of drug-likeness (QED) is 0.924. The van der Waals surface area contributed by atoms with E-state index in [4.69, 9.17) is 17.3 Å². The molecule has 1 heterocycles. The van der Waals surface area contributed by atoms with Crippen LogP contribution in [0.1, 0.15) is 25.5 Å². The Labute approximate surface area is 119 Å². The lowest BCUT2D eigenvalue weighted by Crippen LogP contribution is -2.48. The summed E-state index contributed by atoms with van der Waals surface area (Å²) in [4.78, 5) is 2.52. The summed E-state index contributed by atoms with van der Waals surface area (Å²) < 4.78 is 0. The van der Waals surface area contributed by atoms with Gasteiger partial charge in [-0.2, -0.15) is 11.8 Å². The van der Waals surface area contributed by atoms with Gasteiger partial charge in [0.15, 0.2) is 0 Å². The molecule has 1 aliphatic rings. The Kier molecular flexibility index (Phi) is 4.96. The van der Waals surface area contributed by atoms with Gasteiger partial charge in [0.05, 0.1) is 0 Å². The monoisotopic (exact) mass is 284 g/mol. The molecule has 0 aromatic heterocycles. The zero-order valence-corrected chi connectivity index (χ0v) is 12.5. The van der Waals surface area contributed by atoms with Crippen LogP contribution in [-0.4, -0.2) is 35.0 Å². The van der Waals surface area contributed by atoms with Crippen LogP contribution in [0.4, 0.5) is 0 Å². The van der Waals surface area contributed by atoms with Gasteiger partial charge in [0.1, 0.15) is 0 Å². The van der Waals surface area contributed by atoms with E-state index in [9.17, 15) is 0 Å². The molecule has 18 heavy (non-hydrogen) atoms. The van der Waals surface area contributed by atoms with Crippen LogP contribution in [0.5, 0.6) is 0 Å². The molecule has 0 radical (unpaired) electrons. The maximum atomic E-state index is 6.22. The van der Waals surface area contributed by atoms with Crippen LogP contribution < -0.4 is 5.73 Å². The van der Waals surface area contributed by atoms with E-state index in [0.29, 0.717) is 6.04 Å². The van der Waals surface area contributed by atoms with Crippen LogP contribution >= 0.6 is 23.4 Å². The number of thioether (sulfide) groups is 1. The summed E-state index contributed by atoms with van der Waals surface area (Å²) in [6, 6.07) is 9.04. The molecule has 2 nitrogen and oxygen atoms in total. The molecule has 100 valence electrons. The third-order valence-electron chi connectivity index (χ3n) is 3.46. The third kappa shape index (κ3) is 3.21. The Hall–Kier alpha value is -0.220. The van der Waals surface area contributed by atoms with Gasteiger partial charge in [0.25, 0.3) is 0 Å². The minimum atomic E-state index is 0.106. The Bertz CT molecular complexity index is 397. The van der Waals surface area contributed by atoms with E-state index in [1.807, 2.05) is 30.0 Å². The highest BCUT2D eigenvalue weighted by Crippen LogP contribution is 2.30. The summed E-state index contributed by atoms with van der Waals surface area (Å²) >= 11 is 8.13. The van der Waals surface area contributed by atoms with Crippen molar-refractivity contribution in [2.75, 3.05) is 18.1 Å². The predicted molar refractivity (Wildman–Crippen MR) is 81.3 cm³/mol. The average Bonchev–Trinajstić information content (AvgIpc) is 2.32. The molecule has 4 heteroatoms. The Morgan fingerprint density at radius 3 is 2.89 bits per heavy atom. The normalized spacial score (nSPS) is 24.8. The predicted octanol–water partition coefficient (Wildman–Crippen LogP) is 3.17. The van der Waals surface area contributed by atoms with Crippen molar-refractivity contribution in [3.63, 3.8) is 0 Å². The van der Waals surface area contributed by atoms with E-state index in [1.54, 1.807) is 0 Å². The Morgan fingerprint density at radius 1 is 1.50 bits per heavy atom. The maximum Gasteiger partial charge on any atom is 0.0500 e. The molecule has 0 aliphatic carbocycles. The smallest absolute Gasteiger partial charge is 0.0500 e. The van der Waals surface area contributed by atoms with Crippen molar-refractivity contribution >= 4 is 23.4 Å². The molecule has 1 aromatic rings. The van der Waals surface area contributed by atoms with E-state index in [-0.39, 0.29) is 12.1 Å². The van der Waals surface area contributed by atoms with Gasteiger partial charge in [-0.15, -0.1) is 0 Å². The van der Waals surface area contributed by atoms with E-state index in [1.165, 1.54) is 17.1 Å². The molecular weight excluding hydrogens is 264 g/mol. The first-order valence-corrected chi connectivity index (χ1v) is 7.97. The van der Waals surface area contributed by atoms with Gasteiger partial charge in [-0.3, -0.25) is 4.90 Å². The van der Waals surface area contributed by atoms with Crippen LogP contribution in [0.2, 0.25) is 5.02 Å². The molecule has 2 N–H and O–H groups in total. The molecular formula is C14H21ClN2S. The largest absolute Gasteiger partial charge is 0.326 e. The molecule has 0 saturated carbocycles. The van der Waals surface area contributed by atoms with Crippen LogP contribution in [-0.2, 0) is 0 Å². The van der Waals surface area contributed by atoms with Crippen LogP contribution in [0.3, 0.4) is 0 Å². The van der Waals surface area contributed by atoms with Crippen molar-refractivity contribution < 1.29 is 0 Å². The standard InChI is InChI=1S/C14H21ClN2S/c1-10-9-18-7-6-17(10)14(11(2)16)12-4-3-5-13(15)8-12/h3-5,8,10-11,14H,6-7,9,16H2,1-2H3. The van der Waals surface area contributed by atoms with Gasteiger partial charge in [-0.1, -0.05) is 23.7 Å². The minimum absolute atomic E-state index is 0.106. The molecule has 0 amide bonds. The fourth-order valence-electron chi connectivity index (χ4n) is 2.64. The lowest BCUT2D eigenvalue weighted by atomic mass is 9.98. The van der Waals surface area contributed by atoms with E-state index in [2.05, 4.69) is 24.8 Å². The summed E-state index contributed by atoms with van der Waals surface area (Å²) in [6.07, 6.45) is 0. The van der Waals surface area contributed by atoms with Crippen molar-refractivity contribution in [3.8, 4) is 0 Å². The first-order chi connectivity index (χ1) is 8.59. The highest BCUT2D eigenvalue weighted by Gasteiger charge is 2.29. The number of hydrogen-bond donors (Lipinski definition) is 1. The topological polar surface area (TPSA) is 29.3 Å². The lowest BCUT2D eigenvalue weighted by Gasteiger charge is -2.41. The Morgan fingerprint density at radius 2 is 2.28 bits per heavy atom. The van der Waals surface area contributed by atoms with E-state index < -0.39 is 0 Å². The lowest BCUT2D eigenvalue weighted by molar-refractivity contribution is 0.143. The number of benzene rings is 1. The fraction of sp³-hybridized carbons (Fsp3) is 0.571. The Balaban J connectivity index is 2.27. The fourth-order valence-corrected chi connectivity index (χ4v) is 3.88. The summed E-state index contributed by atoms with van der Waals surface area (Å²) in [5.41, 5.74) is 7.45. The molecule has 3 atom stereocenters. The third-order valence-corrected chi connectivity index (χ3v) is 4.89. The molecule has 1 aromatic carbocycles. The summed E-state index contributed by atoms with van der Waals surface area (Å²) in [7, 11) is 0. The number of rotatable bonds is 3. The van der Waals surface area contributed by atoms with Gasteiger partial charge < -0.3 is 5.73 Å². The highest BCUT2D eigenvalue weighted by atomic mass is 35.5. The number of nitrogens with two attached hydrogens (primary N) is 1. The van der Waals surface area contributed by atoms with Crippen molar-refractivity contribution in [3.05, 3.63) is 34.9 Å². The highest BCUT2D eigenvalue weighted by molar-refractivity contribution is 7.99. The minimum Gasteiger partial charge on any atom is -0.326 e. The maximum absolute atomic E-state index is 6.22. The molecule has 0 spiro atoms. The van der Waals surface area contributed by atoms with Crippen LogP contribution in [0.25, 0.3) is 0 Å². The van der Waals surface area contributed by atoms with Crippen molar-refractivity contribution in [2.45, 2.75) is 32.0 Å². The molecule has 1 saturated heterocycles. The van der Waals surface area contributed by atoms with E-state index >= 15 is 0 Å². The molecule has 1 aliphatic heterocycles. The molecule has 2 rings (SSSR count). The molecule has 3 unspecified atom stereocenters. The summed E-state index contributed by atoms with van der Waals surface area (Å²) in [5.74, 6) is 2.37. The van der Waals surface area contributed by atoms with Gasteiger partial charge in [0.2, 0.25) is 0 Å².